The van der Waals surface area contributed by atoms with E-state index in [9.17, 15) is 0 Å². The van der Waals surface area contributed by atoms with Gasteiger partial charge < -0.3 is 19.2 Å². The summed E-state index contributed by atoms with van der Waals surface area (Å²) >= 11 is 0. The zero-order valence-corrected chi connectivity index (χ0v) is 9.47. The van der Waals surface area contributed by atoms with Crippen molar-refractivity contribution >= 4 is 12.4 Å². The largest absolute Gasteiger partial charge is 0.463 e. The van der Waals surface area contributed by atoms with Crippen molar-refractivity contribution in [2.24, 2.45) is 10.3 Å². The number of furan rings is 2. The molecule has 2 rings (SSSR count). The Hall–Kier alpha value is -1.98. The molecule has 0 atom stereocenters. The molecular formula is C10H10CuN2O4. The van der Waals surface area contributed by atoms with Crippen molar-refractivity contribution in [2.75, 3.05) is 0 Å². The molecule has 7 heteroatoms. The van der Waals surface area contributed by atoms with Gasteiger partial charge in [0.2, 0.25) is 0 Å². The average molecular weight is 286 g/mol. The maximum Gasteiger partial charge on any atom is 0.148 e. The molecule has 0 fully saturated rings. The van der Waals surface area contributed by atoms with Crippen LogP contribution in [0.2, 0.25) is 0 Å². The zero-order valence-electron chi connectivity index (χ0n) is 8.53. The van der Waals surface area contributed by atoms with Crippen LogP contribution in [0.1, 0.15) is 11.5 Å². The molecule has 0 aliphatic rings. The van der Waals surface area contributed by atoms with E-state index in [1.165, 1.54) is 25.0 Å². The molecule has 0 amide bonds. The third-order valence-electron chi connectivity index (χ3n) is 1.46. The van der Waals surface area contributed by atoms with Crippen LogP contribution in [0.5, 0.6) is 0 Å². The maximum atomic E-state index is 7.95. The predicted molar refractivity (Wildman–Crippen MR) is 56.2 cm³/mol. The third-order valence-corrected chi connectivity index (χ3v) is 1.46. The van der Waals surface area contributed by atoms with Crippen LogP contribution >= 0.6 is 0 Å². The van der Waals surface area contributed by atoms with Crippen molar-refractivity contribution in [3.63, 3.8) is 0 Å². The van der Waals surface area contributed by atoms with Crippen LogP contribution in [0.25, 0.3) is 0 Å². The minimum Gasteiger partial charge on any atom is -0.463 e. The van der Waals surface area contributed by atoms with Crippen LogP contribution in [-0.4, -0.2) is 22.8 Å². The van der Waals surface area contributed by atoms with Gasteiger partial charge in [-0.25, -0.2) is 0 Å². The Kier molecular flexibility index (Phi) is 8.18. The average Bonchev–Trinajstić information content (AvgIpc) is 2.92. The molecular weight excluding hydrogens is 276 g/mol. The quantitative estimate of drug-likeness (QED) is 0.383. The monoisotopic (exact) mass is 285 g/mol. The molecule has 0 bridgehead atoms. The SMILES string of the molecule is O/N=C/c1ccco1.O/N=C/c1ccco1.[Cu]. The fourth-order valence-corrected chi connectivity index (χ4v) is 0.843. The van der Waals surface area contributed by atoms with Gasteiger partial charge in [-0.3, -0.25) is 0 Å². The van der Waals surface area contributed by atoms with Gasteiger partial charge >= 0.3 is 0 Å². The first-order chi connectivity index (χ1) is 7.86. The summed E-state index contributed by atoms with van der Waals surface area (Å²) in [7, 11) is 0. The van der Waals surface area contributed by atoms with E-state index in [1.807, 2.05) is 0 Å². The first kappa shape index (κ1) is 15.0. The van der Waals surface area contributed by atoms with E-state index >= 15 is 0 Å². The number of hydrogen-bond donors (Lipinski definition) is 2. The summed E-state index contributed by atoms with van der Waals surface area (Å²) < 4.78 is 9.53. The second kappa shape index (κ2) is 9.26. The van der Waals surface area contributed by atoms with Gasteiger partial charge in [-0.2, -0.15) is 0 Å². The van der Waals surface area contributed by atoms with E-state index in [-0.39, 0.29) is 17.1 Å². The van der Waals surface area contributed by atoms with E-state index in [2.05, 4.69) is 10.3 Å². The molecule has 1 radical (unpaired) electrons. The molecule has 0 aromatic carbocycles. The summed E-state index contributed by atoms with van der Waals surface area (Å²) in [6.45, 7) is 0. The van der Waals surface area contributed by atoms with Crippen molar-refractivity contribution in [2.45, 2.75) is 0 Å². The van der Waals surface area contributed by atoms with Crippen LogP contribution in [0.15, 0.2) is 55.9 Å². The maximum absolute atomic E-state index is 7.95. The molecule has 0 aliphatic carbocycles. The van der Waals surface area contributed by atoms with E-state index in [1.54, 1.807) is 24.3 Å². The Bertz CT molecular complexity index is 381. The molecule has 0 aliphatic heterocycles. The summed E-state index contributed by atoms with van der Waals surface area (Å²) in [5, 5.41) is 21.4. The Labute approximate surface area is 108 Å². The van der Waals surface area contributed by atoms with Gasteiger partial charge in [0, 0.05) is 17.1 Å². The van der Waals surface area contributed by atoms with E-state index in [4.69, 9.17) is 19.2 Å². The zero-order chi connectivity index (χ0) is 11.6. The van der Waals surface area contributed by atoms with E-state index in [0.29, 0.717) is 11.5 Å². The van der Waals surface area contributed by atoms with Crippen molar-refractivity contribution < 1.29 is 36.3 Å². The first-order valence-electron chi connectivity index (χ1n) is 4.28. The van der Waals surface area contributed by atoms with Gasteiger partial charge in [0.25, 0.3) is 0 Å². The Morgan fingerprint density at radius 3 is 1.53 bits per heavy atom. The van der Waals surface area contributed by atoms with Crippen LogP contribution in [0.4, 0.5) is 0 Å². The van der Waals surface area contributed by atoms with Crippen LogP contribution in [0, 0.1) is 0 Å². The number of rotatable bonds is 2. The summed E-state index contributed by atoms with van der Waals surface area (Å²) in [6.07, 6.45) is 5.47. The van der Waals surface area contributed by atoms with Gasteiger partial charge in [-0.15, -0.1) is 0 Å². The van der Waals surface area contributed by atoms with Crippen LogP contribution < -0.4 is 0 Å². The van der Waals surface area contributed by atoms with Crippen molar-refractivity contribution in [3.05, 3.63) is 48.3 Å². The summed E-state index contributed by atoms with van der Waals surface area (Å²) in [5.41, 5.74) is 0. The molecule has 2 N–H and O–H groups in total. The third kappa shape index (κ3) is 6.24. The molecule has 2 heterocycles. The van der Waals surface area contributed by atoms with Gasteiger partial charge in [0.05, 0.1) is 12.5 Å². The topological polar surface area (TPSA) is 91.5 Å². The molecule has 0 spiro atoms. The fraction of sp³-hybridized carbons (Fsp3) is 0. The van der Waals surface area contributed by atoms with Crippen LogP contribution in [0.3, 0.4) is 0 Å². The number of hydrogen-bond acceptors (Lipinski definition) is 6. The van der Waals surface area contributed by atoms with Gasteiger partial charge in [-0.1, -0.05) is 10.3 Å². The molecule has 0 unspecified atom stereocenters. The predicted octanol–water partition coefficient (Wildman–Crippen LogP) is 2.17. The van der Waals surface area contributed by atoms with E-state index < -0.39 is 0 Å². The second-order valence-corrected chi connectivity index (χ2v) is 2.52. The molecule has 2 aromatic rings. The minimum absolute atomic E-state index is 0. The molecule has 0 saturated carbocycles. The Balaban J connectivity index is 0.000000284. The minimum atomic E-state index is 0. The van der Waals surface area contributed by atoms with Crippen molar-refractivity contribution in [1.82, 2.24) is 0 Å². The Morgan fingerprint density at radius 1 is 0.882 bits per heavy atom. The second-order valence-electron chi connectivity index (χ2n) is 2.52. The van der Waals surface area contributed by atoms with E-state index in [0.717, 1.165) is 0 Å². The van der Waals surface area contributed by atoms with Crippen molar-refractivity contribution in [1.29, 1.82) is 0 Å². The summed E-state index contributed by atoms with van der Waals surface area (Å²) in [4.78, 5) is 0. The number of nitrogens with zero attached hydrogens (tertiary/aromatic N) is 2. The first-order valence-corrected chi connectivity index (χ1v) is 4.28. The fourth-order valence-electron chi connectivity index (χ4n) is 0.843. The smallest absolute Gasteiger partial charge is 0.148 e. The van der Waals surface area contributed by atoms with Gasteiger partial charge in [0.15, 0.2) is 0 Å². The molecule has 95 valence electrons. The molecule has 17 heavy (non-hydrogen) atoms. The normalized spacial score (nSPS) is 9.88. The van der Waals surface area contributed by atoms with Crippen molar-refractivity contribution in [3.8, 4) is 0 Å². The summed E-state index contributed by atoms with van der Waals surface area (Å²) in [5.74, 6) is 1.10. The standard InChI is InChI=1S/2C5H5NO2.Cu/c2*7-6-4-5-2-1-3-8-5;/h2*1-4,7H;/b2*6-4+;. The summed E-state index contributed by atoms with van der Waals surface area (Å²) in [6, 6.07) is 6.83. The molecule has 2 aromatic heterocycles. The molecule has 6 nitrogen and oxygen atoms in total. The molecule has 0 saturated heterocycles. The van der Waals surface area contributed by atoms with Crippen LogP contribution in [-0.2, 0) is 17.1 Å². The Morgan fingerprint density at radius 2 is 1.29 bits per heavy atom. The van der Waals surface area contributed by atoms with Gasteiger partial charge in [0.1, 0.15) is 23.9 Å². The number of oxime groups is 2. The van der Waals surface area contributed by atoms with Gasteiger partial charge in [-0.05, 0) is 24.3 Å².